The number of nitrogens with zero attached hydrogens (tertiary/aromatic N) is 1. The Labute approximate surface area is 129 Å². The van der Waals surface area contributed by atoms with Crippen molar-refractivity contribution in [1.29, 1.82) is 0 Å². The molecule has 0 spiro atoms. The molecular formula is C16H23BrN2O. The highest BCUT2D eigenvalue weighted by Crippen LogP contribution is 2.18. The van der Waals surface area contributed by atoms with Gasteiger partial charge in [0.05, 0.1) is 5.56 Å². The predicted octanol–water partition coefficient (Wildman–Crippen LogP) is 3.36. The number of benzene rings is 1. The molecule has 3 nitrogen and oxygen atoms in total. The topological polar surface area (TPSA) is 32.3 Å². The van der Waals surface area contributed by atoms with E-state index in [0.29, 0.717) is 5.56 Å². The van der Waals surface area contributed by atoms with Gasteiger partial charge >= 0.3 is 0 Å². The largest absolute Gasteiger partial charge is 0.351 e. The number of halogens is 1. The first-order valence-corrected chi connectivity index (χ1v) is 8.23. The lowest BCUT2D eigenvalue weighted by Crippen LogP contribution is -2.35. The van der Waals surface area contributed by atoms with Crippen LogP contribution < -0.4 is 5.32 Å². The van der Waals surface area contributed by atoms with Crippen LogP contribution in [0.3, 0.4) is 0 Å². The van der Waals surface area contributed by atoms with Crippen molar-refractivity contribution in [3.8, 4) is 0 Å². The molecule has 1 aromatic rings. The maximum absolute atomic E-state index is 12.1. The predicted molar refractivity (Wildman–Crippen MR) is 86.1 cm³/mol. The summed E-state index contributed by atoms with van der Waals surface area (Å²) in [5.41, 5.74) is 1.87. The van der Waals surface area contributed by atoms with Gasteiger partial charge in [0, 0.05) is 17.6 Å². The number of hydrogen-bond donors (Lipinski definition) is 1. The second-order valence-electron chi connectivity index (χ2n) is 5.50. The Kier molecular flexibility index (Phi) is 6.05. The second kappa shape index (κ2) is 7.79. The molecule has 1 aliphatic heterocycles. The van der Waals surface area contributed by atoms with Crippen LogP contribution in [-0.2, 0) is 0 Å². The highest BCUT2D eigenvalue weighted by molar-refractivity contribution is 9.10. The fourth-order valence-corrected chi connectivity index (χ4v) is 3.26. The van der Waals surface area contributed by atoms with Gasteiger partial charge in [-0.1, -0.05) is 18.9 Å². The highest BCUT2D eigenvalue weighted by atomic mass is 79.9. The van der Waals surface area contributed by atoms with Crippen LogP contribution in [0.15, 0.2) is 22.7 Å². The van der Waals surface area contributed by atoms with Crippen molar-refractivity contribution in [2.45, 2.75) is 32.6 Å². The third-order valence-corrected chi connectivity index (χ3v) is 4.44. The smallest absolute Gasteiger partial charge is 0.252 e. The molecule has 0 unspecified atom stereocenters. The van der Waals surface area contributed by atoms with E-state index in [1.54, 1.807) is 0 Å². The second-order valence-corrected chi connectivity index (χ2v) is 6.35. The molecule has 1 N–H and O–H groups in total. The lowest BCUT2D eigenvalue weighted by Gasteiger charge is -2.19. The van der Waals surface area contributed by atoms with Crippen LogP contribution in [0.1, 0.15) is 41.6 Å². The molecule has 1 aliphatic rings. The summed E-state index contributed by atoms with van der Waals surface area (Å²) in [7, 11) is 0. The van der Waals surface area contributed by atoms with E-state index in [1.165, 1.54) is 38.8 Å². The van der Waals surface area contributed by atoms with Crippen LogP contribution in [0, 0.1) is 6.92 Å². The quantitative estimate of drug-likeness (QED) is 0.912. The summed E-state index contributed by atoms with van der Waals surface area (Å²) in [6, 6.07) is 5.82. The number of amides is 1. The van der Waals surface area contributed by atoms with Gasteiger partial charge in [0.1, 0.15) is 0 Å². The summed E-state index contributed by atoms with van der Waals surface area (Å²) < 4.78 is 0.866. The molecule has 0 bridgehead atoms. The Balaban J connectivity index is 1.79. The monoisotopic (exact) mass is 338 g/mol. The van der Waals surface area contributed by atoms with Gasteiger partial charge < -0.3 is 10.2 Å². The number of likely N-dealkylation sites (tertiary alicyclic amines) is 1. The van der Waals surface area contributed by atoms with Crippen molar-refractivity contribution in [2.75, 3.05) is 26.2 Å². The van der Waals surface area contributed by atoms with Crippen LogP contribution in [0.25, 0.3) is 0 Å². The van der Waals surface area contributed by atoms with E-state index < -0.39 is 0 Å². The zero-order valence-corrected chi connectivity index (χ0v) is 13.7. The Hall–Kier alpha value is -0.870. The Morgan fingerprint density at radius 2 is 1.95 bits per heavy atom. The first-order valence-electron chi connectivity index (χ1n) is 7.43. The normalized spacial score (nSPS) is 16.7. The zero-order valence-electron chi connectivity index (χ0n) is 12.1. The van der Waals surface area contributed by atoms with E-state index in [4.69, 9.17) is 0 Å². The molecule has 1 aromatic carbocycles. The summed E-state index contributed by atoms with van der Waals surface area (Å²) in [6.07, 6.45) is 5.27. The number of hydrogen-bond acceptors (Lipinski definition) is 2. The minimum atomic E-state index is 0.00620. The summed E-state index contributed by atoms with van der Waals surface area (Å²) in [4.78, 5) is 14.6. The Morgan fingerprint density at radius 1 is 1.25 bits per heavy atom. The van der Waals surface area contributed by atoms with Crippen LogP contribution in [0.5, 0.6) is 0 Å². The van der Waals surface area contributed by atoms with E-state index in [1.807, 2.05) is 25.1 Å². The molecule has 0 radical (unpaired) electrons. The third-order valence-electron chi connectivity index (χ3n) is 3.78. The van der Waals surface area contributed by atoms with Crippen molar-refractivity contribution in [1.82, 2.24) is 10.2 Å². The van der Waals surface area contributed by atoms with Gasteiger partial charge in [-0.3, -0.25) is 4.79 Å². The molecule has 20 heavy (non-hydrogen) atoms. The first kappa shape index (κ1) is 15.5. The molecule has 2 rings (SSSR count). The van der Waals surface area contributed by atoms with Crippen molar-refractivity contribution in [3.63, 3.8) is 0 Å². The van der Waals surface area contributed by atoms with Gasteiger partial charge in [0.25, 0.3) is 5.91 Å². The Morgan fingerprint density at radius 3 is 2.60 bits per heavy atom. The average Bonchev–Trinajstić information content (AvgIpc) is 2.67. The fourth-order valence-electron chi connectivity index (χ4n) is 2.59. The van der Waals surface area contributed by atoms with E-state index in [9.17, 15) is 4.79 Å². The SMILES string of the molecule is Cc1ccc(C(=O)NCCN2CCCCCC2)c(Br)c1. The molecular weight excluding hydrogens is 316 g/mol. The van der Waals surface area contributed by atoms with Crippen LogP contribution in [-0.4, -0.2) is 37.0 Å². The van der Waals surface area contributed by atoms with Gasteiger partial charge in [0.15, 0.2) is 0 Å². The molecule has 0 saturated carbocycles. The molecule has 1 saturated heterocycles. The third kappa shape index (κ3) is 4.60. The van der Waals surface area contributed by atoms with E-state index >= 15 is 0 Å². The maximum atomic E-state index is 12.1. The van der Waals surface area contributed by atoms with Gasteiger partial charge in [0.2, 0.25) is 0 Å². The fraction of sp³-hybridized carbons (Fsp3) is 0.562. The first-order chi connectivity index (χ1) is 9.66. The van der Waals surface area contributed by atoms with Crippen molar-refractivity contribution < 1.29 is 4.79 Å². The number of carbonyl (C=O) groups is 1. The maximum Gasteiger partial charge on any atom is 0.252 e. The Bertz CT molecular complexity index is 454. The average molecular weight is 339 g/mol. The zero-order chi connectivity index (χ0) is 14.4. The molecule has 110 valence electrons. The van der Waals surface area contributed by atoms with Crippen molar-refractivity contribution in [3.05, 3.63) is 33.8 Å². The molecule has 1 fully saturated rings. The highest BCUT2D eigenvalue weighted by Gasteiger charge is 2.11. The van der Waals surface area contributed by atoms with Crippen molar-refractivity contribution in [2.24, 2.45) is 0 Å². The molecule has 4 heteroatoms. The summed E-state index contributed by atoms with van der Waals surface area (Å²) in [5.74, 6) is 0.00620. The summed E-state index contributed by atoms with van der Waals surface area (Å²) >= 11 is 3.46. The number of rotatable bonds is 4. The lowest BCUT2D eigenvalue weighted by molar-refractivity contribution is 0.0947. The van der Waals surface area contributed by atoms with Crippen LogP contribution in [0.4, 0.5) is 0 Å². The number of carbonyl (C=O) groups excluding carboxylic acids is 1. The van der Waals surface area contributed by atoms with Gasteiger partial charge in [-0.25, -0.2) is 0 Å². The molecule has 1 heterocycles. The van der Waals surface area contributed by atoms with Gasteiger partial charge in [-0.2, -0.15) is 0 Å². The lowest BCUT2D eigenvalue weighted by atomic mass is 10.1. The van der Waals surface area contributed by atoms with Gasteiger partial charge in [-0.05, 0) is 66.5 Å². The van der Waals surface area contributed by atoms with E-state index in [-0.39, 0.29) is 5.91 Å². The standard InChI is InChI=1S/C16H23BrN2O/c1-13-6-7-14(15(17)12-13)16(20)18-8-11-19-9-4-2-3-5-10-19/h6-7,12H,2-5,8-11H2,1H3,(H,18,20). The van der Waals surface area contributed by atoms with Crippen molar-refractivity contribution >= 4 is 21.8 Å². The van der Waals surface area contributed by atoms with Crippen LogP contribution in [0.2, 0.25) is 0 Å². The minimum Gasteiger partial charge on any atom is -0.351 e. The number of aryl methyl sites for hydroxylation is 1. The molecule has 0 aliphatic carbocycles. The molecule has 0 aromatic heterocycles. The van der Waals surface area contributed by atoms with E-state index in [0.717, 1.165) is 23.1 Å². The number of nitrogens with one attached hydrogen (secondary N) is 1. The van der Waals surface area contributed by atoms with Gasteiger partial charge in [-0.15, -0.1) is 0 Å². The summed E-state index contributed by atoms with van der Waals surface area (Å²) in [6.45, 7) is 6.04. The van der Waals surface area contributed by atoms with E-state index in [2.05, 4.69) is 26.1 Å². The summed E-state index contributed by atoms with van der Waals surface area (Å²) in [5, 5.41) is 3.02. The molecule has 0 atom stereocenters. The minimum absolute atomic E-state index is 0.00620. The van der Waals surface area contributed by atoms with Crippen LogP contribution >= 0.6 is 15.9 Å². The molecule has 1 amide bonds.